The number of fused-ring (bicyclic) bond motifs is 1. The Hall–Kier alpha value is -3.32. The summed E-state index contributed by atoms with van der Waals surface area (Å²) < 4.78 is 34.0. The van der Waals surface area contributed by atoms with E-state index in [4.69, 9.17) is 4.74 Å². The first kappa shape index (κ1) is 21.9. The van der Waals surface area contributed by atoms with Gasteiger partial charge in [-0.3, -0.25) is 0 Å². The number of alkyl halides is 1. The number of allylic oxidation sites excluding steroid dienone is 3. The molecule has 1 aromatic heterocycles. The number of para-hydroxylation sites is 1. The summed E-state index contributed by atoms with van der Waals surface area (Å²) in [6.45, 7) is 6.32. The maximum absolute atomic E-state index is 14.2. The summed E-state index contributed by atoms with van der Waals surface area (Å²) in [7, 11) is 1.91. The number of anilines is 2. The van der Waals surface area contributed by atoms with E-state index in [1.165, 1.54) is 13.0 Å². The van der Waals surface area contributed by atoms with E-state index in [1.807, 2.05) is 42.3 Å². The molecule has 32 heavy (non-hydrogen) atoms. The molecular formula is C25H26F2N4O. The van der Waals surface area contributed by atoms with Crippen molar-refractivity contribution < 1.29 is 13.5 Å². The molecule has 0 bridgehead atoms. The van der Waals surface area contributed by atoms with Gasteiger partial charge in [0.25, 0.3) is 0 Å². The van der Waals surface area contributed by atoms with Crippen molar-refractivity contribution in [2.75, 3.05) is 25.5 Å². The van der Waals surface area contributed by atoms with E-state index in [1.54, 1.807) is 18.3 Å². The quantitative estimate of drug-likeness (QED) is 0.504. The Morgan fingerprint density at radius 3 is 2.72 bits per heavy atom. The molecule has 1 aliphatic rings. The first-order chi connectivity index (χ1) is 15.4. The van der Waals surface area contributed by atoms with E-state index in [9.17, 15) is 8.78 Å². The number of ether oxygens (including phenoxy) is 1. The number of piperidine rings is 1. The molecule has 1 N–H and O–H groups in total. The van der Waals surface area contributed by atoms with Gasteiger partial charge in [-0.2, -0.15) is 0 Å². The van der Waals surface area contributed by atoms with Crippen molar-refractivity contribution in [2.24, 2.45) is 0 Å². The molecule has 0 amide bonds. The zero-order valence-electron chi connectivity index (χ0n) is 18.2. The number of hydrogen-bond acceptors (Lipinski definition) is 5. The maximum atomic E-state index is 14.2. The van der Waals surface area contributed by atoms with Gasteiger partial charge in [0.1, 0.15) is 23.9 Å². The van der Waals surface area contributed by atoms with Gasteiger partial charge < -0.3 is 15.0 Å². The predicted molar refractivity (Wildman–Crippen MR) is 125 cm³/mol. The van der Waals surface area contributed by atoms with E-state index in [2.05, 4.69) is 21.9 Å². The van der Waals surface area contributed by atoms with E-state index in [-0.39, 0.29) is 5.83 Å². The topological polar surface area (TPSA) is 50.3 Å². The molecule has 1 aliphatic heterocycles. The third kappa shape index (κ3) is 4.78. The van der Waals surface area contributed by atoms with Crippen molar-refractivity contribution in [1.29, 1.82) is 0 Å². The summed E-state index contributed by atoms with van der Waals surface area (Å²) in [6, 6.07) is 12.8. The second-order valence-electron chi connectivity index (χ2n) is 7.96. The molecule has 5 nitrogen and oxygen atoms in total. The Morgan fingerprint density at radius 2 is 2.03 bits per heavy atom. The van der Waals surface area contributed by atoms with Crippen LogP contribution in [0, 0.1) is 0 Å². The molecule has 0 radical (unpaired) electrons. The molecule has 2 aromatic carbocycles. The van der Waals surface area contributed by atoms with E-state index >= 15 is 0 Å². The first-order valence-corrected chi connectivity index (χ1v) is 10.6. The van der Waals surface area contributed by atoms with Crippen LogP contribution in [0.2, 0.25) is 0 Å². The number of likely N-dealkylation sites (tertiary alicyclic amines) is 1. The summed E-state index contributed by atoms with van der Waals surface area (Å²) >= 11 is 0. The molecule has 0 spiro atoms. The van der Waals surface area contributed by atoms with Crippen molar-refractivity contribution in [3.05, 3.63) is 72.7 Å². The van der Waals surface area contributed by atoms with Crippen LogP contribution in [0.5, 0.6) is 5.75 Å². The molecular weight excluding hydrogens is 410 g/mol. The lowest BCUT2D eigenvalue weighted by Gasteiger charge is -2.32. The van der Waals surface area contributed by atoms with Crippen molar-refractivity contribution in [3.63, 3.8) is 0 Å². The summed E-state index contributed by atoms with van der Waals surface area (Å²) in [5.74, 6) is 0.683. The minimum absolute atomic E-state index is 0.323. The van der Waals surface area contributed by atoms with Crippen molar-refractivity contribution in [3.8, 4) is 5.75 Å². The van der Waals surface area contributed by atoms with Crippen LogP contribution >= 0.6 is 0 Å². The van der Waals surface area contributed by atoms with Crippen LogP contribution in [0.3, 0.4) is 0 Å². The molecule has 0 aliphatic carbocycles. The summed E-state index contributed by atoms with van der Waals surface area (Å²) in [5, 5.41) is 3.96. The van der Waals surface area contributed by atoms with E-state index < -0.39 is 12.3 Å². The van der Waals surface area contributed by atoms with Crippen molar-refractivity contribution in [2.45, 2.75) is 25.6 Å². The number of rotatable bonds is 6. The molecule has 7 heteroatoms. The molecule has 166 valence electrons. The lowest BCUT2D eigenvalue weighted by atomic mass is 10.0. The smallest absolute Gasteiger partial charge is 0.227 e. The molecule has 1 saturated heterocycles. The average Bonchev–Trinajstić information content (AvgIpc) is 2.77. The fourth-order valence-corrected chi connectivity index (χ4v) is 3.86. The van der Waals surface area contributed by atoms with Crippen LogP contribution in [0.1, 0.15) is 18.9 Å². The molecule has 0 saturated carbocycles. The Balaban J connectivity index is 1.52. The van der Waals surface area contributed by atoms with Crippen molar-refractivity contribution in [1.82, 2.24) is 14.9 Å². The summed E-state index contributed by atoms with van der Waals surface area (Å²) in [5.41, 5.74) is 2.45. The SMILES string of the molecule is C=CC(=C(C)F)c1cccc2cnc(Nc3ccc(OC4CCN(C)CC4F)cc3)nc12. The van der Waals surface area contributed by atoms with Gasteiger partial charge in [0.15, 0.2) is 0 Å². The lowest BCUT2D eigenvalue weighted by Crippen LogP contribution is -2.45. The standard InChI is InChI=1S/C25H26F2N4O/c1-4-20(16(2)26)21-7-5-6-17-14-28-25(30-24(17)21)29-18-8-10-19(11-9-18)32-23-12-13-31(3)15-22(23)27/h4-11,14,22-23H,1,12-13,15H2,2-3H3,(H,28,29,30). The molecule has 2 heterocycles. The fourth-order valence-electron chi connectivity index (χ4n) is 3.86. The molecule has 4 rings (SSSR count). The zero-order valence-corrected chi connectivity index (χ0v) is 18.2. The van der Waals surface area contributed by atoms with Crippen LogP contribution in [0.25, 0.3) is 16.5 Å². The van der Waals surface area contributed by atoms with E-state index in [0.717, 1.165) is 17.6 Å². The highest BCUT2D eigenvalue weighted by atomic mass is 19.1. The number of aromatic nitrogens is 2. The fraction of sp³-hybridized carbons (Fsp3) is 0.280. The second kappa shape index (κ2) is 9.44. The first-order valence-electron chi connectivity index (χ1n) is 10.6. The number of nitrogens with zero attached hydrogens (tertiary/aromatic N) is 3. The number of hydrogen-bond donors (Lipinski definition) is 1. The highest BCUT2D eigenvalue weighted by Gasteiger charge is 2.29. The van der Waals surface area contributed by atoms with Gasteiger partial charge in [0.2, 0.25) is 5.95 Å². The van der Waals surface area contributed by atoms with Crippen LogP contribution < -0.4 is 10.1 Å². The Labute approximate surface area is 186 Å². The van der Waals surface area contributed by atoms with Crippen LogP contribution in [0.15, 0.2) is 67.1 Å². The lowest BCUT2D eigenvalue weighted by molar-refractivity contribution is 0.0313. The minimum Gasteiger partial charge on any atom is -0.487 e. The zero-order chi connectivity index (χ0) is 22.7. The number of benzene rings is 2. The highest BCUT2D eigenvalue weighted by molar-refractivity contribution is 5.94. The van der Waals surface area contributed by atoms with Gasteiger partial charge in [0.05, 0.1) is 5.52 Å². The van der Waals surface area contributed by atoms with Gasteiger partial charge in [0, 0.05) is 41.5 Å². The van der Waals surface area contributed by atoms with Crippen molar-refractivity contribution >= 4 is 28.1 Å². The third-order valence-electron chi connectivity index (χ3n) is 5.56. The summed E-state index contributed by atoms with van der Waals surface area (Å²) in [6.07, 6.45) is 2.41. The molecule has 2 atom stereocenters. The van der Waals surface area contributed by atoms with Gasteiger partial charge in [-0.05, 0) is 44.7 Å². The predicted octanol–water partition coefficient (Wildman–Crippen LogP) is 5.68. The van der Waals surface area contributed by atoms with Gasteiger partial charge in [-0.15, -0.1) is 0 Å². The van der Waals surface area contributed by atoms with Gasteiger partial charge >= 0.3 is 0 Å². The largest absolute Gasteiger partial charge is 0.487 e. The van der Waals surface area contributed by atoms with Crippen LogP contribution in [-0.2, 0) is 0 Å². The maximum Gasteiger partial charge on any atom is 0.227 e. The second-order valence-corrected chi connectivity index (χ2v) is 7.96. The molecule has 2 unspecified atom stereocenters. The van der Waals surface area contributed by atoms with Gasteiger partial charge in [-0.1, -0.05) is 30.9 Å². The average molecular weight is 437 g/mol. The van der Waals surface area contributed by atoms with Crippen LogP contribution in [-0.4, -0.2) is 47.3 Å². The van der Waals surface area contributed by atoms with Crippen LogP contribution in [0.4, 0.5) is 20.4 Å². The minimum atomic E-state index is -1.01. The third-order valence-corrected chi connectivity index (χ3v) is 5.56. The Bertz CT molecular complexity index is 1140. The Morgan fingerprint density at radius 1 is 1.25 bits per heavy atom. The number of nitrogens with one attached hydrogen (secondary N) is 1. The molecule has 1 fully saturated rings. The van der Waals surface area contributed by atoms with Gasteiger partial charge in [-0.25, -0.2) is 18.7 Å². The Kier molecular flexibility index (Phi) is 6.46. The monoisotopic (exact) mass is 436 g/mol. The highest BCUT2D eigenvalue weighted by Crippen LogP contribution is 2.29. The number of halogens is 2. The molecule has 3 aromatic rings. The normalized spacial score (nSPS) is 20.0. The van der Waals surface area contributed by atoms with E-state index in [0.29, 0.717) is 41.3 Å². The summed E-state index contributed by atoms with van der Waals surface area (Å²) in [4.78, 5) is 10.9.